The molecule has 0 bridgehead atoms. The number of sulfonamides is 1. The van der Waals surface area contributed by atoms with Crippen molar-refractivity contribution in [3.8, 4) is 11.5 Å². The lowest BCUT2D eigenvalue weighted by atomic mass is 9.66. The smallest absolute Gasteiger partial charge is 0.293 e. The van der Waals surface area contributed by atoms with Gasteiger partial charge in [-0.25, -0.2) is 18.1 Å². The van der Waals surface area contributed by atoms with E-state index in [1.54, 1.807) is 41.6 Å². The third kappa shape index (κ3) is 8.46. The maximum atomic E-state index is 13.9. The molecule has 2 aromatic heterocycles. The van der Waals surface area contributed by atoms with Crippen LogP contribution in [0.4, 0.5) is 17.1 Å². The van der Waals surface area contributed by atoms with Crippen molar-refractivity contribution in [2.45, 2.75) is 68.6 Å². The normalized spacial score (nSPS) is 24.4. The summed E-state index contributed by atoms with van der Waals surface area (Å²) in [6, 6.07) is 12.3. The highest BCUT2D eigenvalue weighted by atomic mass is 35.5. The number of H-pyrrole nitrogens is 1. The standard InChI is InChI=1S/C44H52ClN7O7S/c1-43(2)11-7-30(35(22-43)36-23-44(45)24-37(36)44)27-50-13-15-51(16-14-50)31-3-5-34(40(20-31)59-32-19-29-8-12-46-41(29)48-26-32)42(53)49-60(56,57)33-4-6-38(39(21-33)52(54)55)47-25-28-9-17-58-18-10-28/h3-6,8,12,19-21,26,28,36-37,47H,7,9-11,13-18,22-25,27H2,1-2H3,(H,46,48)(H,49,53)/t36-,37?,44?/m0/s1. The molecule has 2 unspecified atom stereocenters. The number of amides is 1. The first-order valence-corrected chi connectivity index (χ1v) is 22.9. The molecule has 0 spiro atoms. The van der Waals surface area contributed by atoms with Crippen LogP contribution in [-0.4, -0.2) is 91.5 Å². The molecular weight excluding hydrogens is 806 g/mol. The number of carbonyl (C=O) groups is 1. The van der Waals surface area contributed by atoms with Gasteiger partial charge in [-0.3, -0.25) is 19.8 Å². The molecule has 318 valence electrons. The molecular formula is C44H52ClN7O7S. The number of anilines is 2. The summed E-state index contributed by atoms with van der Waals surface area (Å²) in [6.45, 7) is 10.8. The Morgan fingerprint density at radius 2 is 1.88 bits per heavy atom. The van der Waals surface area contributed by atoms with E-state index in [4.69, 9.17) is 21.1 Å². The van der Waals surface area contributed by atoms with Crippen LogP contribution in [0.2, 0.25) is 0 Å². The minimum absolute atomic E-state index is 0.0216. The Morgan fingerprint density at radius 1 is 1.08 bits per heavy atom. The number of aromatic nitrogens is 2. The topological polar surface area (TPSA) is 172 Å². The van der Waals surface area contributed by atoms with Crippen LogP contribution in [0.1, 0.15) is 69.2 Å². The van der Waals surface area contributed by atoms with Gasteiger partial charge < -0.3 is 24.7 Å². The van der Waals surface area contributed by atoms with Crippen LogP contribution in [0.25, 0.3) is 11.0 Å². The highest BCUT2D eigenvalue weighted by Gasteiger charge is 2.67. The molecule has 16 heteroatoms. The number of aromatic amines is 1. The molecule has 2 saturated heterocycles. The van der Waals surface area contributed by atoms with Crippen LogP contribution in [0, 0.1) is 33.3 Å². The number of piperazine rings is 1. The second kappa shape index (κ2) is 16.0. The Kier molecular flexibility index (Phi) is 10.8. The summed E-state index contributed by atoms with van der Waals surface area (Å²) in [4.78, 5) is 37.3. The number of hydrogen-bond acceptors (Lipinski definition) is 11. The van der Waals surface area contributed by atoms with Crippen LogP contribution in [0.3, 0.4) is 0 Å². The molecule has 2 aromatic carbocycles. The first-order valence-electron chi connectivity index (χ1n) is 21.0. The number of alkyl halides is 1. The lowest BCUT2D eigenvalue weighted by molar-refractivity contribution is -0.384. The average Bonchev–Trinajstić information content (AvgIpc) is 3.50. The number of carbonyl (C=O) groups excluding carboxylic acids is 1. The molecule has 2 saturated carbocycles. The highest BCUT2D eigenvalue weighted by molar-refractivity contribution is 7.90. The third-order valence-electron chi connectivity index (χ3n) is 13.4. The van der Waals surface area contributed by atoms with Gasteiger partial charge in [-0.2, -0.15) is 0 Å². The van der Waals surface area contributed by atoms with Gasteiger partial charge in [0.25, 0.3) is 21.6 Å². The van der Waals surface area contributed by atoms with E-state index in [0.29, 0.717) is 48.4 Å². The van der Waals surface area contributed by atoms with Crippen LogP contribution in [0.5, 0.6) is 11.5 Å². The summed E-state index contributed by atoms with van der Waals surface area (Å²) in [5, 5.41) is 16.0. The zero-order chi connectivity index (χ0) is 41.8. The maximum absolute atomic E-state index is 13.9. The number of hydrogen-bond donors (Lipinski definition) is 3. The van der Waals surface area contributed by atoms with Crippen LogP contribution >= 0.6 is 11.6 Å². The highest BCUT2D eigenvalue weighted by Crippen LogP contribution is 2.71. The van der Waals surface area contributed by atoms with E-state index in [1.165, 1.54) is 24.8 Å². The van der Waals surface area contributed by atoms with E-state index < -0.39 is 31.4 Å². The molecule has 3 aliphatic carbocycles. The van der Waals surface area contributed by atoms with Crippen molar-refractivity contribution in [1.29, 1.82) is 0 Å². The van der Waals surface area contributed by atoms with Crippen molar-refractivity contribution >= 4 is 55.6 Å². The fraction of sp³-hybridized carbons (Fsp3) is 0.500. The number of fused-ring (bicyclic) bond motifs is 2. The van der Waals surface area contributed by atoms with Gasteiger partial charge in [0.1, 0.15) is 22.8 Å². The minimum atomic E-state index is -4.54. The summed E-state index contributed by atoms with van der Waals surface area (Å²) < 4.78 is 41.2. The van der Waals surface area contributed by atoms with E-state index in [0.717, 1.165) is 88.4 Å². The van der Waals surface area contributed by atoms with E-state index in [-0.39, 0.29) is 27.8 Å². The van der Waals surface area contributed by atoms with E-state index in [2.05, 4.69) is 43.7 Å². The molecule has 4 fully saturated rings. The number of rotatable bonds is 13. The van der Waals surface area contributed by atoms with Crippen LogP contribution in [-0.2, 0) is 14.8 Å². The molecule has 60 heavy (non-hydrogen) atoms. The Hall–Kier alpha value is -4.70. The molecule has 4 aromatic rings. The molecule has 1 amide bonds. The zero-order valence-electron chi connectivity index (χ0n) is 34.0. The number of halogens is 1. The second-order valence-corrected chi connectivity index (χ2v) is 20.5. The summed E-state index contributed by atoms with van der Waals surface area (Å²) in [7, 11) is -4.54. The summed E-state index contributed by atoms with van der Waals surface area (Å²) in [5.41, 5.74) is 4.88. The molecule has 3 atom stereocenters. The molecule has 0 radical (unpaired) electrons. The largest absolute Gasteiger partial charge is 0.455 e. The number of allylic oxidation sites excluding steroid dienone is 1. The maximum Gasteiger partial charge on any atom is 0.293 e. The van der Waals surface area contributed by atoms with Gasteiger partial charge in [0.2, 0.25) is 0 Å². The predicted octanol–water partition coefficient (Wildman–Crippen LogP) is 7.87. The summed E-state index contributed by atoms with van der Waals surface area (Å²) >= 11 is 6.75. The number of nitro benzene ring substituents is 1. The van der Waals surface area contributed by atoms with Crippen molar-refractivity contribution in [3.63, 3.8) is 0 Å². The Balaban J connectivity index is 0.919. The Morgan fingerprint density at radius 3 is 2.62 bits per heavy atom. The van der Waals surface area contributed by atoms with Gasteiger partial charge in [0.15, 0.2) is 0 Å². The molecule has 5 aliphatic rings. The fourth-order valence-electron chi connectivity index (χ4n) is 9.65. The average molecular weight is 858 g/mol. The van der Waals surface area contributed by atoms with Gasteiger partial charge in [-0.1, -0.05) is 25.0 Å². The molecule has 3 N–H and O–H groups in total. The quantitative estimate of drug-likeness (QED) is 0.0517. The van der Waals surface area contributed by atoms with E-state index >= 15 is 0 Å². The van der Waals surface area contributed by atoms with Gasteiger partial charge in [0.05, 0.1) is 21.6 Å². The number of nitrogens with one attached hydrogen (secondary N) is 3. The first-order chi connectivity index (χ1) is 28.7. The van der Waals surface area contributed by atoms with Crippen molar-refractivity contribution < 1.29 is 27.6 Å². The zero-order valence-corrected chi connectivity index (χ0v) is 35.6. The number of pyridine rings is 1. The fourth-order valence-corrected chi connectivity index (χ4v) is 11.1. The number of benzene rings is 2. The summed E-state index contributed by atoms with van der Waals surface area (Å²) in [6.07, 6.45) is 10.7. The van der Waals surface area contributed by atoms with Crippen molar-refractivity contribution in [1.82, 2.24) is 19.6 Å². The lowest BCUT2D eigenvalue weighted by Gasteiger charge is -2.43. The van der Waals surface area contributed by atoms with Gasteiger partial charge in [-0.05, 0) is 105 Å². The van der Waals surface area contributed by atoms with Crippen molar-refractivity contribution in [2.24, 2.45) is 23.2 Å². The number of nitrogens with zero attached hydrogens (tertiary/aromatic N) is 4. The molecule has 14 nitrogen and oxygen atoms in total. The van der Waals surface area contributed by atoms with Gasteiger partial charge in [-0.15, -0.1) is 11.6 Å². The predicted molar refractivity (Wildman–Crippen MR) is 230 cm³/mol. The minimum Gasteiger partial charge on any atom is -0.455 e. The lowest BCUT2D eigenvalue weighted by Crippen LogP contribution is -2.47. The molecule has 4 heterocycles. The molecule has 9 rings (SSSR count). The van der Waals surface area contributed by atoms with Crippen molar-refractivity contribution in [2.75, 3.05) is 62.7 Å². The van der Waals surface area contributed by atoms with Gasteiger partial charge in [0, 0.05) is 86.8 Å². The SMILES string of the molecule is CC1(C)CCC(CN2CCN(c3ccc(C(=O)NS(=O)(=O)c4ccc(NCC5CCOCC5)c([N+](=O)[O-])c4)c(Oc4cnc5[nH]ccc5c4)c3)CC2)=C([C@@H]2CC3(Cl)CC23)C1. The number of ether oxygens (including phenoxy) is 2. The first kappa shape index (κ1) is 40.7. The summed E-state index contributed by atoms with van der Waals surface area (Å²) in [5.74, 6) is 1.15. The monoisotopic (exact) mass is 857 g/mol. The third-order valence-corrected chi connectivity index (χ3v) is 15.3. The molecule has 2 aliphatic heterocycles. The Bertz CT molecular complexity index is 2460. The Labute approximate surface area is 355 Å². The number of nitro groups is 1. The van der Waals surface area contributed by atoms with E-state index in [1.807, 2.05) is 6.07 Å². The van der Waals surface area contributed by atoms with Crippen LogP contribution < -0.4 is 19.7 Å². The van der Waals surface area contributed by atoms with E-state index in [9.17, 15) is 23.3 Å². The van der Waals surface area contributed by atoms with Crippen LogP contribution in [0.15, 0.2) is 77.0 Å². The second-order valence-electron chi connectivity index (χ2n) is 18.1. The van der Waals surface area contributed by atoms with Crippen molar-refractivity contribution in [3.05, 3.63) is 87.7 Å². The van der Waals surface area contributed by atoms with Gasteiger partial charge >= 0.3 is 0 Å².